The van der Waals surface area contributed by atoms with Crippen molar-refractivity contribution in [3.63, 3.8) is 0 Å². The molecule has 3 nitrogen and oxygen atoms in total. The molecule has 0 N–H and O–H groups in total. The lowest BCUT2D eigenvalue weighted by atomic mass is 10.0. The number of halogens is 2. The summed E-state index contributed by atoms with van der Waals surface area (Å²) in [4.78, 5) is 8.39. The third kappa shape index (κ3) is 2.87. The lowest BCUT2D eigenvalue weighted by Gasteiger charge is -2.19. The molecule has 17 heavy (non-hydrogen) atoms. The number of nitrogens with zero attached hydrogens (tertiary/aromatic N) is 2. The van der Waals surface area contributed by atoms with E-state index in [0.29, 0.717) is 12.0 Å². The van der Waals surface area contributed by atoms with E-state index in [4.69, 9.17) is 0 Å². The van der Waals surface area contributed by atoms with Crippen molar-refractivity contribution in [3.8, 4) is 5.75 Å². The van der Waals surface area contributed by atoms with Crippen LogP contribution < -0.4 is 4.74 Å². The number of benzene rings is 1. The molecule has 0 bridgehead atoms. The van der Waals surface area contributed by atoms with Gasteiger partial charge in [-0.1, -0.05) is 18.2 Å². The highest BCUT2D eigenvalue weighted by Crippen LogP contribution is 2.27. The lowest BCUT2D eigenvalue weighted by molar-refractivity contribution is -0.0505. The predicted octanol–water partition coefficient (Wildman–Crippen LogP) is 2.70. The molecule has 0 atom stereocenters. The topological polar surface area (TPSA) is 34.0 Å². The van der Waals surface area contributed by atoms with Crippen molar-refractivity contribution in [2.45, 2.75) is 25.6 Å². The van der Waals surface area contributed by atoms with Gasteiger partial charge in [0.25, 0.3) is 0 Å². The van der Waals surface area contributed by atoms with Crippen LogP contribution in [0.25, 0.3) is 0 Å². The molecule has 0 saturated carbocycles. The van der Waals surface area contributed by atoms with Gasteiger partial charge in [0.2, 0.25) is 0 Å². The molecule has 1 aliphatic rings. The van der Waals surface area contributed by atoms with Crippen molar-refractivity contribution in [2.75, 3.05) is 0 Å². The van der Waals surface area contributed by atoms with Gasteiger partial charge in [-0.2, -0.15) is 8.78 Å². The maximum atomic E-state index is 12.2. The van der Waals surface area contributed by atoms with Gasteiger partial charge in [0, 0.05) is 18.9 Å². The van der Waals surface area contributed by atoms with Crippen LogP contribution in [0.1, 0.15) is 12.5 Å². The first kappa shape index (κ1) is 11.7. The number of para-hydroxylation sites is 1. The zero-order valence-electron chi connectivity index (χ0n) is 9.31. The van der Waals surface area contributed by atoms with Gasteiger partial charge in [0.1, 0.15) is 5.75 Å². The highest BCUT2D eigenvalue weighted by molar-refractivity contribution is 6.17. The standard InChI is InChI=1S/C12H12F2N2O/c1-12(15-6-7-16-12)8-9-4-2-3-5-10(9)17-11(13)14/h2-7,11H,8H2,1H3. The molecule has 0 radical (unpaired) electrons. The third-order valence-electron chi connectivity index (χ3n) is 2.49. The molecule has 0 unspecified atom stereocenters. The highest BCUT2D eigenvalue weighted by atomic mass is 19.3. The van der Waals surface area contributed by atoms with Crippen molar-refractivity contribution in [1.82, 2.24) is 0 Å². The summed E-state index contributed by atoms with van der Waals surface area (Å²) >= 11 is 0. The molecule has 2 rings (SSSR count). The molecule has 1 heterocycles. The monoisotopic (exact) mass is 238 g/mol. The number of hydrogen-bond donors (Lipinski definition) is 0. The van der Waals surface area contributed by atoms with Crippen LogP contribution in [-0.4, -0.2) is 24.7 Å². The van der Waals surface area contributed by atoms with Crippen molar-refractivity contribution < 1.29 is 13.5 Å². The van der Waals surface area contributed by atoms with Crippen LogP contribution in [0, 0.1) is 0 Å². The van der Waals surface area contributed by atoms with E-state index in [2.05, 4.69) is 14.7 Å². The fourth-order valence-corrected chi connectivity index (χ4v) is 1.73. The van der Waals surface area contributed by atoms with Crippen molar-refractivity contribution in [3.05, 3.63) is 29.8 Å². The number of alkyl halides is 2. The van der Waals surface area contributed by atoms with Crippen LogP contribution in [0.2, 0.25) is 0 Å². The molecule has 0 fully saturated rings. The van der Waals surface area contributed by atoms with Gasteiger partial charge in [-0.15, -0.1) is 0 Å². The second kappa shape index (κ2) is 4.61. The minimum atomic E-state index is -2.82. The first-order valence-corrected chi connectivity index (χ1v) is 5.21. The van der Waals surface area contributed by atoms with Gasteiger partial charge < -0.3 is 4.74 Å². The van der Waals surface area contributed by atoms with Crippen molar-refractivity contribution in [2.24, 2.45) is 9.98 Å². The zero-order chi connectivity index (χ0) is 12.3. The summed E-state index contributed by atoms with van der Waals surface area (Å²) in [5.74, 6) is 0.182. The van der Waals surface area contributed by atoms with Crippen LogP contribution in [0.5, 0.6) is 5.75 Å². The van der Waals surface area contributed by atoms with Gasteiger partial charge in [0.05, 0.1) is 0 Å². The summed E-state index contributed by atoms with van der Waals surface area (Å²) in [6, 6.07) is 6.70. The maximum absolute atomic E-state index is 12.2. The maximum Gasteiger partial charge on any atom is 0.387 e. The SMILES string of the molecule is CC1(Cc2ccccc2OC(F)F)N=CC=N1. The molecule has 0 amide bonds. The summed E-state index contributed by atoms with van der Waals surface area (Å²) in [5.41, 5.74) is 0.0631. The minimum Gasteiger partial charge on any atom is -0.435 e. The molecule has 0 spiro atoms. The van der Waals surface area contributed by atoms with Gasteiger partial charge in [-0.3, -0.25) is 9.98 Å². The Hall–Kier alpha value is -1.78. The first-order valence-electron chi connectivity index (χ1n) is 5.21. The minimum absolute atomic E-state index is 0.182. The molecule has 1 aromatic carbocycles. The van der Waals surface area contributed by atoms with E-state index in [1.807, 2.05) is 6.92 Å². The van der Waals surface area contributed by atoms with Crippen molar-refractivity contribution in [1.29, 1.82) is 0 Å². The molecule has 0 aliphatic carbocycles. The average Bonchev–Trinajstić information content (AvgIpc) is 2.67. The second-order valence-corrected chi connectivity index (χ2v) is 3.94. The number of rotatable bonds is 4. The Morgan fingerprint density at radius 1 is 1.24 bits per heavy atom. The van der Waals surface area contributed by atoms with Crippen LogP contribution in [0.15, 0.2) is 34.3 Å². The molecule has 1 aliphatic heterocycles. The molecule has 0 saturated heterocycles. The molecular formula is C12H12F2N2O. The Morgan fingerprint density at radius 3 is 2.53 bits per heavy atom. The first-order chi connectivity index (χ1) is 8.09. The normalized spacial score (nSPS) is 16.7. The van der Waals surface area contributed by atoms with E-state index in [-0.39, 0.29) is 5.75 Å². The molecular weight excluding hydrogens is 226 g/mol. The average molecular weight is 238 g/mol. The largest absolute Gasteiger partial charge is 0.435 e. The van der Waals surface area contributed by atoms with Crippen LogP contribution in [-0.2, 0) is 6.42 Å². The predicted molar refractivity (Wildman–Crippen MR) is 62.2 cm³/mol. The van der Waals surface area contributed by atoms with Crippen LogP contribution >= 0.6 is 0 Å². The van der Waals surface area contributed by atoms with E-state index >= 15 is 0 Å². The molecule has 90 valence electrons. The Balaban J connectivity index is 2.20. The van der Waals surface area contributed by atoms with E-state index in [1.165, 1.54) is 6.07 Å². The number of hydrogen-bond acceptors (Lipinski definition) is 3. The number of aliphatic imine (C=N–C) groups is 2. The third-order valence-corrected chi connectivity index (χ3v) is 2.49. The Morgan fingerprint density at radius 2 is 1.88 bits per heavy atom. The van der Waals surface area contributed by atoms with Gasteiger partial charge in [-0.05, 0) is 18.6 Å². The number of ether oxygens (including phenoxy) is 1. The Bertz CT molecular complexity index is 446. The fourth-order valence-electron chi connectivity index (χ4n) is 1.73. The summed E-state index contributed by atoms with van der Waals surface area (Å²) in [7, 11) is 0. The summed E-state index contributed by atoms with van der Waals surface area (Å²) in [6.45, 7) is -0.980. The fraction of sp³-hybridized carbons (Fsp3) is 0.333. The van der Waals surface area contributed by atoms with E-state index in [1.54, 1.807) is 30.6 Å². The molecule has 0 aromatic heterocycles. The van der Waals surface area contributed by atoms with Crippen molar-refractivity contribution >= 4 is 12.4 Å². The summed E-state index contributed by atoms with van der Waals surface area (Å²) in [6.07, 6.45) is 3.65. The molecule has 1 aromatic rings. The van der Waals surface area contributed by atoms with E-state index in [0.717, 1.165) is 0 Å². The van der Waals surface area contributed by atoms with Gasteiger partial charge >= 0.3 is 6.61 Å². The zero-order valence-corrected chi connectivity index (χ0v) is 9.31. The van der Waals surface area contributed by atoms with Gasteiger partial charge in [-0.25, -0.2) is 0 Å². The molecule has 5 heteroatoms. The summed E-state index contributed by atoms with van der Waals surface area (Å²) < 4.78 is 28.9. The summed E-state index contributed by atoms with van der Waals surface area (Å²) in [5, 5.41) is 0. The van der Waals surface area contributed by atoms with Crippen LogP contribution in [0.4, 0.5) is 8.78 Å². The quantitative estimate of drug-likeness (QED) is 0.794. The van der Waals surface area contributed by atoms with Crippen LogP contribution in [0.3, 0.4) is 0 Å². The highest BCUT2D eigenvalue weighted by Gasteiger charge is 2.25. The Kier molecular flexibility index (Phi) is 3.17. The smallest absolute Gasteiger partial charge is 0.387 e. The Labute approximate surface area is 97.9 Å². The lowest BCUT2D eigenvalue weighted by Crippen LogP contribution is -2.20. The van der Waals surface area contributed by atoms with E-state index < -0.39 is 12.3 Å². The van der Waals surface area contributed by atoms with Gasteiger partial charge in [0.15, 0.2) is 5.66 Å². The van der Waals surface area contributed by atoms with E-state index in [9.17, 15) is 8.78 Å². The second-order valence-electron chi connectivity index (χ2n) is 3.94.